The van der Waals surface area contributed by atoms with Crippen LogP contribution in [-0.4, -0.2) is 103 Å². The van der Waals surface area contributed by atoms with Crippen molar-refractivity contribution < 1.29 is 38.0 Å². The van der Waals surface area contributed by atoms with Crippen LogP contribution in [0.25, 0.3) is 11.1 Å². The molecule has 2 fully saturated rings. The summed E-state index contributed by atoms with van der Waals surface area (Å²) in [5, 5.41) is 0. The van der Waals surface area contributed by atoms with E-state index in [1.54, 1.807) is 50.4 Å². The van der Waals surface area contributed by atoms with Gasteiger partial charge in [-0.3, -0.25) is 9.59 Å². The lowest BCUT2D eigenvalue weighted by molar-refractivity contribution is -0.130. The van der Waals surface area contributed by atoms with Gasteiger partial charge in [-0.2, -0.15) is 0 Å². The van der Waals surface area contributed by atoms with E-state index in [2.05, 4.69) is 0 Å². The Kier molecular flexibility index (Phi) is 11.0. The number of benzene rings is 3. The first-order valence-corrected chi connectivity index (χ1v) is 15.2. The molecule has 0 N–H and O–H groups in total. The van der Waals surface area contributed by atoms with E-state index < -0.39 is 0 Å². The van der Waals surface area contributed by atoms with Gasteiger partial charge in [0.25, 0.3) is 0 Å². The number of amides is 2. The molecule has 2 amide bonds. The zero-order chi connectivity index (χ0) is 32.5. The van der Waals surface area contributed by atoms with E-state index in [4.69, 9.17) is 28.4 Å². The fourth-order valence-electron chi connectivity index (χ4n) is 5.53. The monoisotopic (exact) mass is 628 g/mol. The first-order chi connectivity index (χ1) is 22.4. The van der Waals surface area contributed by atoms with E-state index in [9.17, 15) is 9.59 Å². The van der Waals surface area contributed by atoms with Crippen molar-refractivity contribution in [1.82, 2.24) is 9.80 Å². The van der Waals surface area contributed by atoms with Gasteiger partial charge < -0.3 is 38.2 Å². The van der Waals surface area contributed by atoms with Crippen molar-refractivity contribution in [3.05, 3.63) is 95.1 Å². The Labute approximate surface area is 269 Å². The molecule has 0 aliphatic carbocycles. The average Bonchev–Trinajstić information content (AvgIpc) is 3.12. The largest absolute Gasteiger partial charge is 0.493 e. The summed E-state index contributed by atoms with van der Waals surface area (Å²) in [7, 11) is 6.33. The molecule has 0 radical (unpaired) electrons. The second-order valence-electron chi connectivity index (χ2n) is 10.7. The number of hydrogen-bond acceptors (Lipinski definition) is 8. The lowest BCUT2D eigenvalue weighted by atomic mass is 9.91. The maximum absolute atomic E-state index is 13.6. The van der Waals surface area contributed by atoms with Gasteiger partial charge >= 0.3 is 0 Å². The molecule has 10 heteroatoms. The van der Waals surface area contributed by atoms with Gasteiger partial charge in [-0.05, 0) is 63.7 Å². The molecule has 0 saturated carbocycles. The molecule has 2 heterocycles. The fraction of sp³-hybridized carbons (Fsp3) is 0.333. The third kappa shape index (κ3) is 7.52. The van der Waals surface area contributed by atoms with E-state index in [-0.39, 0.29) is 11.8 Å². The van der Waals surface area contributed by atoms with Crippen LogP contribution in [0.4, 0.5) is 0 Å². The molecule has 10 nitrogen and oxygen atoms in total. The zero-order valence-electron chi connectivity index (χ0n) is 26.7. The minimum absolute atomic E-state index is 0.114. The Morgan fingerprint density at radius 3 is 1.28 bits per heavy atom. The van der Waals surface area contributed by atoms with E-state index in [1.807, 2.05) is 60.7 Å². The lowest BCUT2D eigenvalue weighted by Crippen LogP contribution is -2.40. The minimum Gasteiger partial charge on any atom is -0.493 e. The standard InChI is InChI=1S/C36H40N2O8/c1-41-31-10-8-27(21-33(31)43-3)29(23-35(39)37-12-16-45-17-13-37)25-6-5-7-26(20-25)30(24-36(40)38-14-18-46-19-15-38)28-9-11-32(42-2)34(22-28)44-4/h5-11,20-24H,12-19H2,1-4H3/b29-23-,30-24+. The van der Waals surface area contributed by atoms with Gasteiger partial charge in [-0.1, -0.05) is 30.3 Å². The Morgan fingerprint density at radius 2 is 0.913 bits per heavy atom. The first-order valence-electron chi connectivity index (χ1n) is 15.2. The maximum Gasteiger partial charge on any atom is 0.247 e. The molecule has 2 aliphatic heterocycles. The summed E-state index contributed by atoms with van der Waals surface area (Å²) >= 11 is 0. The summed E-state index contributed by atoms with van der Waals surface area (Å²) in [6.45, 7) is 4.06. The highest BCUT2D eigenvalue weighted by molar-refractivity contribution is 6.02. The topological polar surface area (TPSA) is 96.0 Å². The van der Waals surface area contributed by atoms with Gasteiger partial charge in [0, 0.05) is 38.3 Å². The number of hydrogen-bond donors (Lipinski definition) is 0. The number of carbonyl (C=O) groups excluding carboxylic acids is 2. The van der Waals surface area contributed by atoms with Crippen LogP contribution >= 0.6 is 0 Å². The van der Waals surface area contributed by atoms with Gasteiger partial charge in [0.15, 0.2) is 23.0 Å². The van der Waals surface area contributed by atoms with Crippen molar-refractivity contribution in [3.8, 4) is 23.0 Å². The molecule has 3 aromatic rings. The van der Waals surface area contributed by atoms with Crippen LogP contribution in [0.1, 0.15) is 22.3 Å². The van der Waals surface area contributed by atoms with Crippen molar-refractivity contribution in [1.29, 1.82) is 0 Å². The normalized spacial score (nSPS) is 15.7. The predicted octanol–water partition coefficient (Wildman–Crippen LogP) is 4.30. The van der Waals surface area contributed by atoms with Gasteiger partial charge in [0.2, 0.25) is 11.8 Å². The molecule has 2 saturated heterocycles. The molecule has 0 bridgehead atoms. The lowest BCUT2D eigenvalue weighted by Gasteiger charge is -2.26. The summed E-state index contributed by atoms with van der Waals surface area (Å²) in [4.78, 5) is 30.7. The van der Waals surface area contributed by atoms with Crippen LogP contribution in [0, 0.1) is 0 Å². The number of morpholine rings is 2. The predicted molar refractivity (Wildman–Crippen MR) is 174 cm³/mol. The zero-order valence-corrected chi connectivity index (χ0v) is 26.7. The summed E-state index contributed by atoms with van der Waals surface area (Å²) in [5.41, 5.74) is 4.53. The molecule has 0 atom stereocenters. The highest BCUT2D eigenvalue weighted by Crippen LogP contribution is 2.36. The van der Waals surface area contributed by atoms with E-state index in [0.29, 0.717) is 86.8 Å². The van der Waals surface area contributed by atoms with Crippen LogP contribution in [0.5, 0.6) is 23.0 Å². The van der Waals surface area contributed by atoms with Crippen LogP contribution < -0.4 is 18.9 Å². The smallest absolute Gasteiger partial charge is 0.247 e. The third-order valence-electron chi connectivity index (χ3n) is 8.05. The fourth-order valence-corrected chi connectivity index (χ4v) is 5.53. The van der Waals surface area contributed by atoms with Crippen molar-refractivity contribution in [2.45, 2.75) is 0 Å². The van der Waals surface area contributed by atoms with E-state index in [1.165, 1.54) is 0 Å². The highest BCUT2D eigenvalue weighted by atomic mass is 16.5. The van der Waals surface area contributed by atoms with Crippen LogP contribution in [0.3, 0.4) is 0 Å². The highest BCUT2D eigenvalue weighted by Gasteiger charge is 2.21. The van der Waals surface area contributed by atoms with Crippen molar-refractivity contribution >= 4 is 23.0 Å². The number of methoxy groups -OCH3 is 4. The van der Waals surface area contributed by atoms with Gasteiger partial charge in [0.05, 0.1) is 54.9 Å². The average molecular weight is 629 g/mol. The number of nitrogens with zero attached hydrogens (tertiary/aromatic N) is 2. The summed E-state index contributed by atoms with van der Waals surface area (Å²) in [6, 6.07) is 19.0. The Morgan fingerprint density at radius 1 is 0.543 bits per heavy atom. The minimum atomic E-state index is -0.114. The van der Waals surface area contributed by atoms with Gasteiger partial charge in [-0.25, -0.2) is 0 Å². The van der Waals surface area contributed by atoms with Gasteiger partial charge in [-0.15, -0.1) is 0 Å². The molecule has 3 aromatic carbocycles. The quantitative estimate of drug-likeness (QED) is 0.307. The summed E-state index contributed by atoms with van der Waals surface area (Å²) < 4.78 is 33.1. The van der Waals surface area contributed by atoms with Crippen LogP contribution in [0.2, 0.25) is 0 Å². The number of carbonyl (C=O) groups is 2. The molecule has 46 heavy (non-hydrogen) atoms. The van der Waals surface area contributed by atoms with Crippen LogP contribution in [0.15, 0.2) is 72.8 Å². The SMILES string of the molecule is COc1ccc(/C(=C\C(=O)N2CCOCC2)c2cccc(/C(=C\C(=O)N3CCOCC3)c3ccc(OC)c(OC)c3)c2)cc1OC. The molecule has 2 aliphatic rings. The Balaban J connectivity index is 1.63. The Hall–Kier alpha value is -4.80. The maximum atomic E-state index is 13.6. The third-order valence-corrected chi connectivity index (χ3v) is 8.05. The Bertz CT molecular complexity index is 1490. The summed E-state index contributed by atoms with van der Waals surface area (Å²) in [5.74, 6) is 2.03. The first kappa shape index (κ1) is 32.6. The van der Waals surface area contributed by atoms with Crippen molar-refractivity contribution in [2.24, 2.45) is 0 Å². The summed E-state index contributed by atoms with van der Waals surface area (Å²) in [6.07, 6.45) is 3.31. The second kappa shape index (κ2) is 15.5. The molecule has 5 rings (SSSR count). The number of ether oxygens (including phenoxy) is 6. The molecular weight excluding hydrogens is 588 g/mol. The molecule has 0 unspecified atom stereocenters. The van der Waals surface area contributed by atoms with Crippen molar-refractivity contribution in [2.75, 3.05) is 81.0 Å². The van der Waals surface area contributed by atoms with Crippen molar-refractivity contribution in [3.63, 3.8) is 0 Å². The molecule has 0 aromatic heterocycles. The number of rotatable bonds is 10. The molecule has 0 spiro atoms. The second-order valence-corrected chi connectivity index (χ2v) is 10.7. The van der Waals surface area contributed by atoms with Gasteiger partial charge in [0.1, 0.15) is 0 Å². The van der Waals surface area contributed by atoms with E-state index in [0.717, 1.165) is 22.3 Å². The van der Waals surface area contributed by atoms with Crippen LogP contribution in [-0.2, 0) is 19.1 Å². The molecular formula is C36H40N2O8. The van der Waals surface area contributed by atoms with E-state index >= 15 is 0 Å². The molecule has 242 valence electrons.